The Morgan fingerprint density at radius 1 is 1.28 bits per heavy atom. The van der Waals surface area contributed by atoms with Crippen LogP contribution in [0.1, 0.15) is 11.4 Å². The Kier molecular flexibility index (Phi) is 3.99. The van der Waals surface area contributed by atoms with Crippen molar-refractivity contribution in [1.82, 2.24) is 25.1 Å². The maximum atomic E-state index is 5.37. The molecule has 2 N–H and O–H groups in total. The van der Waals surface area contributed by atoms with E-state index in [4.69, 9.17) is 8.94 Å². The molecule has 8 heteroatoms. The average Bonchev–Trinajstić information content (AvgIpc) is 3.37. The van der Waals surface area contributed by atoms with Gasteiger partial charge < -0.3 is 19.2 Å². The number of aromatic nitrogens is 5. The quantitative estimate of drug-likeness (QED) is 0.557. The Balaban J connectivity index is 1.60. The zero-order chi connectivity index (χ0) is 17.1. The van der Waals surface area contributed by atoms with E-state index in [1.807, 2.05) is 19.1 Å². The lowest BCUT2D eigenvalue weighted by molar-refractivity contribution is 0.427. The Morgan fingerprint density at radius 3 is 2.96 bits per heavy atom. The van der Waals surface area contributed by atoms with Gasteiger partial charge in [-0.15, -0.1) is 0 Å². The Morgan fingerprint density at radius 2 is 2.24 bits per heavy atom. The van der Waals surface area contributed by atoms with Gasteiger partial charge in [0.15, 0.2) is 5.76 Å². The van der Waals surface area contributed by atoms with E-state index < -0.39 is 0 Å². The van der Waals surface area contributed by atoms with Gasteiger partial charge in [-0.25, -0.2) is 15.0 Å². The van der Waals surface area contributed by atoms with E-state index in [9.17, 15) is 0 Å². The SMILES string of the molecule is Cc1cc(-c2cnc(NCCc3cnc[nH]3)nc2-c2ccoc2)on1. The molecule has 4 aromatic rings. The van der Waals surface area contributed by atoms with Crippen molar-refractivity contribution in [1.29, 1.82) is 0 Å². The molecule has 0 aliphatic rings. The molecule has 0 amide bonds. The number of aromatic amines is 1. The maximum absolute atomic E-state index is 5.37. The van der Waals surface area contributed by atoms with Gasteiger partial charge in [-0.3, -0.25) is 0 Å². The molecule has 0 saturated carbocycles. The van der Waals surface area contributed by atoms with E-state index >= 15 is 0 Å². The van der Waals surface area contributed by atoms with Gasteiger partial charge in [0.05, 0.1) is 35.8 Å². The molecule has 0 aromatic carbocycles. The maximum Gasteiger partial charge on any atom is 0.223 e. The summed E-state index contributed by atoms with van der Waals surface area (Å²) in [5.41, 5.74) is 4.19. The highest BCUT2D eigenvalue weighted by Crippen LogP contribution is 2.31. The molecule has 126 valence electrons. The molecule has 0 radical (unpaired) electrons. The van der Waals surface area contributed by atoms with Crippen molar-refractivity contribution < 1.29 is 8.94 Å². The second-order valence-electron chi connectivity index (χ2n) is 5.55. The standard InChI is InChI=1S/C17H16N6O2/c1-11-6-15(25-23-11)14-8-20-17(19-4-2-13-7-18-10-21-13)22-16(14)12-3-5-24-9-12/h3,5-10H,2,4H2,1H3,(H,18,21)(H,19,20,22). The van der Waals surface area contributed by atoms with Crippen molar-refractivity contribution >= 4 is 5.95 Å². The van der Waals surface area contributed by atoms with Gasteiger partial charge in [0.2, 0.25) is 5.95 Å². The van der Waals surface area contributed by atoms with Crippen molar-refractivity contribution in [3.8, 4) is 22.6 Å². The van der Waals surface area contributed by atoms with Gasteiger partial charge >= 0.3 is 0 Å². The summed E-state index contributed by atoms with van der Waals surface area (Å²) in [6.45, 7) is 2.56. The molecule has 8 nitrogen and oxygen atoms in total. The minimum atomic E-state index is 0.538. The zero-order valence-corrected chi connectivity index (χ0v) is 13.6. The highest BCUT2D eigenvalue weighted by molar-refractivity contribution is 5.77. The largest absolute Gasteiger partial charge is 0.472 e. The smallest absolute Gasteiger partial charge is 0.223 e. The molecule has 0 unspecified atom stereocenters. The van der Waals surface area contributed by atoms with Crippen molar-refractivity contribution in [3.63, 3.8) is 0 Å². The third-order valence-electron chi connectivity index (χ3n) is 3.71. The first-order valence-electron chi connectivity index (χ1n) is 7.84. The molecule has 0 aliphatic heterocycles. The minimum absolute atomic E-state index is 0.538. The number of hydrogen-bond donors (Lipinski definition) is 2. The number of nitrogens with one attached hydrogen (secondary N) is 2. The lowest BCUT2D eigenvalue weighted by atomic mass is 10.1. The Bertz CT molecular complexity index is 944. The average molecular weight is 336 g/mol. The molecule has 4 heterocycles. The molecule has 0 saturated heterocycles. The lowest BCUT2D eigenvalue weighted by Gasteiger charge is -2.08. The number of nitrogens with zero attached hydrogens (tertiary/aromatic N) is 4. The summed E-state index contributed by atoms with van der Waals surface area (Å²) < 4.78 is 10.6. The van der Waals surface area contributed by atoms with Crippen LogP contribution in [0.15, 0.2) is 52.3 Å². The van der Waals surface area contributed by atoms with Crippen LogP contribution in [0.3, 0.4) is 0 Å². The van der Waals surface area contributed by atoms with E-state index in [0.717, 1.165) is 34.6 Å². The van der Waals surface area contributed by atoms with Gasteiger partial charge in [-0.1, -0.05) is 5.16 Å². The van der Waals surface area contributed by atoms with Crippen LogP contribution < -0.4 is 5.32 Å². The van der Waals surface area contributed by atoms with Crippen LogP contribution >= 0.6 is 0 Å². The van der Waals surface area contributed by atoms with Gasteiger partial charge in [-0.2, -0.15) is 0 Å². The van der Waals surface area contributed by atoms with Crippen LogP contribution in [-0.2, 0) is 6.42 Å². The fourth-order valence-electron chi connectivity index (χ4n) is 2.49. The minimum Gasteiger partial charge on any atom is -0.472 e. The summed E-state index contributed by atoms with van der Waals surface area (Å²) in [6.07, 6.45) is 9.24. The first-order chi connectivity index (χ1) is 12.3. The Hall–Kier alpha value is -3.42. The predicted molar refractivity (Wildman–Crippen MR) is 90.7 cm³/mol. The normalized spacial score (nSPS) is 10.9. The molecule has 4 rings (SSSR count). The van der Waals surface area contributed by atoms with Gasteiger partial charge in [0.1, 0.15) is 0 Å². The van der Waals surface area contributed by atoms with Crippen LogP contribution in [0.25, 0.3) is 22.6 Å². The van der Waals surface area contributed by atoms with Crippen molar-refractivity contribution in [3.05, 3.63) is 54.8 Å². The van der Waals surface area contributed by atoms with Crippen LogP contribution in [0.2, 0.25) is 0 Å². The number of imidazole rings is 1. The number of anilines is 1. The molecule has 0 fully saturated rings. The van der Waals surface area contributed by atoms with Crippen LogP contribution in [0.4, 0.5) is 5.95 Å². The molecule has 4 aromatic heterocycles. The topological polar surface area (TPSA) is 106 Å². The zero-order valence-electron chi connectivity index (χ0n) is 13.6. The third kappa shape index (κ3) is 3.27. The number of furan rings is 1. The van der Waals surface area contributed by atoms with E-state index in [2.05, 4.69) is 30.4 Å². The molecule has 25 heavy (non-hydrogen) atoms. The molecular weight excluding hydrogens is 320 g/mol. The van der Waals surface area contributed by atoms with Crippen LogP contribution in [0.5, 0.6) is 0 Å². The fraction of sp³-hybridized carbons (Fsp3) is 0.176. The summed E-state index contributed by atoms with van der Waals surface area (Å²) in [6, 6.07) is 3.71. The molecule has 0 bridgehead atoms. The van der Waals surface area contributed by atoms with Gasteiger partial charge in [0.25, 0.3) is 0 Å². The number of H-pyrrole nitrogens is 1. The van der Waals surface area contributed by atoms with Gasteiger partial charge in [0, 0.05) is 42.7 Å². The van der Waals surface area contributed by atoms with Crippen molar-refractivity contribution in [2.24, 2.45) is 0 Å². The van der Waals surface area contributed by atoms with E-state index in [0.29, 0.717) is 18.3 Å². The molecule has 0 aliphatic carbocycles. The van der Waals surface area contributed by atoms with Crippen molar-refractivity contribution in [2.75, 3.05) is 11.9 Å². The second-order valence-corrected chi connectivity index (χ2v) is 5.55. The molecule has 0 atom stereocenters. The summed E-state index contributed by atoms with van der Waals surface area (Å²) in [5, 5.41) is 7.16. The molecule has 0 spiro atoms. The summed E-state index contributed by atoms with van der Waals surface area (Å²) in [5.74, 6) is 1.16. The molecular formula is C17H16N6O2. The highest BCUT2D eigenvalue weighted by atomic mass is 16.5. The summed E-state index contributed by atoms with van der Waals surface area (Å²) in [7, 11) is 0. The monoisotopic (exact) mass is 336 g/mol. The fourth-order valence-corrected chi connectivity index (χ4v) is 2.49. The Labute approximate surface area is 143 Å². The van der Waals surface area contributed by atoms with E-state index in [1.54, 1.807) is 31.2 Å². The van der Waals surface area contributed by atoms with E-state index in [1.165, 1.54) is 0 Å². The van der Waals surface area contributed by atoms with Crippen molar-refractivity contribution in [2.45, 2.75) is 13.3 Å². The predicted octanol–water partition coefficient (Wildman–Crippen LogP) is 3.08. The van der Waals surface area contributed by atoms with Crippen LogP contribution in [-0.4, -0.2) is 31.6 Å². The number of rotatable bonds is 6. The second kappa shape index (κ2) is 6.60. The summed E-state index contributed by atoms with van der Waals surface area (Å²) in [4.78, 5) is 16.1. The third-order valence-corrected chi connectivity index (χ3v) is 3.71. The van der Waals surface area contributed by atoms with E-state index in [-0.39, 0.29) is 0 Å². The lowest BCUT2D eigenvalue weighted by Crippen LogP contribution is -2.08. The number of aryl methyl sites for hydroxylation is 1. The highest BCUT2D eigenvalue weighted by Gasteiger charge is 2.16. The first-order valence-corrected chi connectivity index (χ1v) is 7.84. The summed E-state index contributed by atoms with van der Waals surface area (Å²) >= 11 is 0. The number of hydrogen-bond acceptors (Lipinski definition) is 7. The van der Waals surface area contributed by atoms with Crippen LogP contribution in [0, 0.1) is 6.92 Å². The van der Waals surface area contributed by atoms with Gasteiger partial charge in [-0.05, 0) is 13.0 Å². The first kappa shape index (κ1) is 15.1.